The topological polar surface area (TPSA) is 0 Å². The summed E-state index contributed by atoms with van der Waals surface area (Å²) in [5, 5.41) is 0. The van der Waals surface area contributed by atoms with Gasteiger partial charge in [0.25, 0.3) is 0 Å². The molecule has 0 aliphatic carbocycles. The van der Waals surface area contributed by atoms with E-state index >= 15 is 0 Å². The summed E-state index contributed by atoms with van der Waals surface area (Å²) < 4.78 is 0. The average Bonchev–Trinajstić information content (AvgIpc) is 0. The van der Waals surface area contributed by atoms with Gasteiger partial charge in [0.15, 0.2) is 0 Å². The van der Waals surface area contributed by atoms with Gasteiger partial charge in [-0.25, -0.2) is 0 Å². The van der Waals surface area contributed by atoms with Crippen molar-refractivity contribution in [2.45, 2.75) is 0 Å². The van der Waals surface area contributed by atoms with Crippen LogP contribution in [0.25, 0.3) is 0 Å². The molecule has 0 atom stereocenters. The summed E-state index contributed by atoms with van der Waals surface area (Å²) in [4.78, 5) is 0. The summed E-state index contributed by atoms with van der Waals surface area (Å²) in [7, 11) is 0. The molecule has 0 aromatic carbocycles. The van der Waals surface area contributed by atoms with Crippen LogP contribution in [0.5, 0.6) is 0 Å². The van der Waals surface area contributed by atoms with Gasteiger partial charge in [-0.2, -0.15) is 0 Å². The minimum atomic E-state index is 0. The third-order valence-electron chi connectivity index (χ3n) is 0. The van der Waals surface area contributed by atoms with E-state index in [0.29, 0.717) is 0 Å². The summed E-state index contributed by atoms with van der Waals surface area (Å²) in [6, 6.07) is 0. The van der Waals surface area contributed by atoms with E-state index in [2.05, 4.69) is 0 Å². The minimum absolute atomic E-state index is 0. The van der Waals surface area contributed by atoms with Gasteiger partial charge in [-0.05, 0) is 0 Å². The third-order valence-corrected chi connectivity index (χ3v) is 0. The van der Waals surface area contributed by atoms with Crippen LogP contribution in [0.15, 0.2) is 0 Å². The first-order valence-corrected chi connectivity index (χ1v) is 0. The van der Waals surface area contributed by atoms with Crippen LogP contribution in [0, 0.1) is 29.7 Å². The molecule has 0 spiro atoms. The van der Waals surface area contributed by atoms with Gasteiger partial charge in [0.05, 0.1) is 0 Å². The van der Waals surface area contributed by atoms with E-state index < -0.39 is 0 Å². The molecule has 0 saturated carbocycles. The molecule has 0 aromatic rings. The second-order valence-electron chi connectivity index (χ2n) is 0. The maximum atomic E-state index is 0. The van der Waals surface area contributed by atoms with Gasteiger partial charge < -0.3 is 29.7 Å². The predicted octanol–water partition coefficient (Wildman–Crippen LogP) is 1.80. The van der Waals surface area contributed by atoms with E-state index in [-0.39, 0.29) is 49.8 Å². The zero-order valence-electron chi connectivity index (χ0n) is 4.33. The number of rotatable bonds is 0. The van der Waals surface area contributed by atoms with E-state index in [1.807, 2.05) is 0 Å². The van der Waals surface area contributed by atoms with E-state index in [1.165, 1.54) is 0 Å². The van der Waals surface area contributed by atoms with Crippen molar-refractivity contribution in [1.29, 1.82) is 0 Å². The predicted molar refractivity (Wildman–Crippen MR) is 25.7 cm³/mol. The normalized spacial score (nSPS) is 0. The maximum Gasteiger partial charge on any atom is 0 e. The first kappa shape index (κ1) is 290. The molecule has 0 amide bonds. The fraction of sp³-hybridized carbons (Fsp3) is 0. The van der Waals surface area contributed by atoms with Crippen molar-refractivity contribution in [2.75, 3.05) is 0 Å². The average molecular weight is 252 g/mol. The quantitative estimate of drug-likeness (QED) is 0.577. The fourth-order valence-corrected chi connectivity index (χ4v) is 0. The molecule has 0 rings (SSSR count). The van der Waals surface area contributed by atoms with Gasteiger partial charge in [-0.15, -0.1) is 0 Å². The molecule has 0 heterocycles. The monoisotopic (exact) mass is 253 g/mol. The molecule has 0 N–H and O–H groups in total. The van der Waals surface area contributed by atoms with Crippen molar-refractivity contribution < 1.29 is 20.1 Å². The fourth-order valence-electron chi connectivity index (χ4n) is 0. The molecule has 0 bridgehead atoms. The Labute approximate surface area is 50.3 Å². The van der Waals surface area contributed by atoms with Crippen LogP contribution in [-0.2, 0) is 20.1 Å². The molecule has 0 saturated heterocycles. The van der Waals surface area contributed by atoms with Crippen molar-refractivity contribution in [2.24, 2.45) is 0 Å². The Hall–Kier alpha value is 0.649. The Kier molecular flexibility index (Phi) is 8510. The zero-order valence-corrected chi connectivity index (χ0v) is 6.73. The molecule has 1 radical (unpaired) electrons. The van der Waals surface area contributed by atoms with Crippen LogP contribution in [0.1, 0.15) is 0 Å². The van der Waals surface area contributed by atoms with Crippen molar-refractivity contribution >= 4 is 0 Å². The van der Waals surface area contributed by atoms with Crippen LogP contribution < -0.4 is 0 Å². The molecule has 0 aliphatic heterocycles. The van der Waals surface area contributed by atoms with Crippen molar-refractivity contribution in [3.63, 3.8) is 0 Å². The zero-order chi connectivity index (χ0) is 0. The van der Waals surface area contributed by atoms with Crippen LogP contribution in [-0.4, -0.2) is 0 Å². The Morgan fingerprint density at radius 2 is 0.400 bits per heavy atom. The summed E-state index contributed by atoms with van der Waals surface area (Å²) in [5.74, 6) is 0. The van der Waals surface area contributed by atoms with Crippen LogP contribution in [0.4, 0.5) is 0 Å². The van der Waals surface area contributed by atoms with Gasteiger partial charge in [-0.3, -0.25) is 0 Å². The summed E-state index contributed by atoms with van der Waals surface area (Å²) in [6.07, 6.45) is 0. The first-order chi connectivity index (χ1) is 0. The van der Waals surface area contributed by atoms with E-state index in [1.54, 1.807) is 0 Å². The molecule has 0 aromatic heterocycles. The van der Waals surface area contributed by atoms with Gasteiger partial charge in [-0.1, -0.05) is 0 Å². The molecule has 0 nitrogen and oxygen atoms in total. The smallest absolute Gasteiger partial charge is 0 e. The second-order valence-corrected chi connectivity index (χ2v) is 0. The van der Waals surface area contributed by atoms with Crippen molar-refractivity contribution in [1.82, 2.24) is 0 Å². The van der Waals surface area contributed by atoms with Gasteiger partial charge in [0, 0.05) is 20.1 Å². The van der Waals surface area contributed by atoms with E-state index in [9.17, 15) is 0 Å². The maximum absolute atomic E-state index is 0. The van der Waals surface area contributed by atoms with E-state index in [0.717, 1.165) is 0 Å². The number of hydrogen-bond acceptors (Lipinski definition) is 0. The summed E-state index contributed by atoms with van der Waals surface area (Å²) in [5.41, 5.74) is 0. The molecule has 41 valence electrons. The third kappa shape index (κ3) is 77.4. The van der Waals surface area contributed by atoms with Gasteiger partial charge in [0.2, 0.25) is 0 Å². The van der Waals surface area contributed by atoms with Crippen LogP contribution in [0.3, 0.4) is 0 Å². The molecule has 0 fully saturated rings. The molecular formula is C4H12Ir-4. The van der Waals surface area contributed by atoms with Crippen molar-refractivity contribution in [3.05, 3.63) is 29.7 Å². The molecule has 1 heteroatoms. The standard InChI is InChI=1S/4CH3.Ir/h4*1H3;/q4*-1;. The first-order valence-electron chi connectivity index (χ1n) is 0. The van der Waals surface area contributed by atoms with Crippen LogP contribution in [0.2, 0.25) is 0 Å². The Morgan fingerprint density at radius 1 is 0.400 bits per heavy atom. The Bertz CT molecular complexity index is 3.61. The van der Waals surface area contributed by atoms with Gasteiger partial charge >= 0.3 is 0 Å². The Balaban J connectivity index is 0. The van der Waals surface area contributed by atoms with Gasteiger partial charge in [0.1, 0.15) is 0 Å². The Morgan fingerprint density at radius 3 is 0.400 bits per heavy atom. The minimum Gasteiger partial charge on any atom is -0.358 e. The summed E-state index contributed by atoms with van der Waals surface area (Å²) in [6.45, 7) is 0. The molecule has 5 heavy (non-hydrogen) atoms. The largest absolute Gasteiger partial charge is 0.358 e. The van der Waals surface area contributed by atoms with Crippen LogP contribution >= 0.6 is 0 Å². The second kappa shape index (κ2) is 147. The SMILES string of the molecule is [CH3-].[CH3-].[CH3-].[CH3-].[Ir]. The molecular weight excluding hydrogens is 240 g/mol. The van der Waals surface area contributed by atoms with Crippen molar-refractivity contribution in [3.8, 4) is 0 Å². The number of hydrogen-bond donors (Lipinski definition) is 0. The molecule has 0 aliphatic rings. The summed E-state index contributed by atoms with van der Waals surface area (Å²) >= 11 is 0. The molecule has 0 unspecified atom stereocenters. The van der Waals surface area contributed by atoms with E-state index in [4.69, 9.17) is 0 Å².